The van der Waals surface area contributed by atoms with Gasteiger partial charge in [-0.2, -0.15) is 13.2 Å². The van der Waals surface area contributed by atoms with E-state index >= 15 is 0 Å². The lowest BCUT2D eigenvalue weighted by molar-refractivity contribution is -0.182. The van der Waals surface area contributed by atoms with Gasteiger partial charge in [0.2, 0.25) is 0 Å². The Balaban J connectivity index is 1.65. The molecule has 128 valence electrons. The number of nitrogens with zero attached hydrogens (tertiary/aromatic N) is 4. The van der Waals surface area contributed by atoms with Crippen LogP contribution in [0.1, 0.15) is 37.3 Å². The zero-order valence-electron chi connectivity index (χ0n) is 12.8. The molecule has 1 fully saturated rings. The zero-order valence-corrected chi connectivity index (χ0v) is 12.8. The third-order valence-corrected chi connectivity index (χ3v) is 4.50. The molecule has 9 heteroatoms. The van der Waals surface area contributed by atoms with Crippen LogP contribution in [0.4, 0.5) is 18.0 Å². The average Bonchev–Trinajstić information content (AvgIpc) is 2.84. The van der Waals surface area contributed by atoms with E-state index in [2.05, 4.69) is 10.2 Å². The molecule has 1 unspecified atom stereocenters. The van der Waals surface area contributed by atoms with Crippen LogP contribution >= 0.6 is 0 Å². The van der Waals surface area contributed by atoms with Crippen molar-refractivity contribution in [2.75, 3.05) is 7.05 Å². The smallest absolute Gasteiger partial charge is 0.410 e. The molecule has 1 aromatic rings. The number of alkyl halides is 3. The van der Waals surface area contributed by atoms with Crippen molar-refractivity contribution in [1.29, 1.82) is 0 Å². The molecule has 3 rings (SSSR count). The number of fused-ring (bicyclic) bond motifs is 1. The second-order valence-electron chi connectivity index (χ2n) is 6.21. The Morgan fingerprint density at radius 1 is 1.35 bits per heavy atom. The number of amides is 1. The number of carbonyl (C=O) groups excluding carboxylic acids is 1. The number of aryl methyl sites for hydroxylation is 1. The van der Waals surface area contributed by atoms with Crippen molar-refractivity contribution in [3.63, 3.8) is 0 Å². The molecule has 0 N–H and O–H groups in total. The van der Waals surface area contributed by atoms with Crippen molar-refractivity contribution in [3.8, 4) is 0 Å². The van der Waals surface area contributed by atoms with Gasteiger partial charge in [0.25, 0.3) is 0 Å². The quantitative estimate of drug-likeness (QED) is 0.853. The molecule has 1 amide bonds. The Kier molecular flexibility index (Phi) is 4.20. The predicted molar refractivity (Wildman–Crippen MR) is 73.5 cm³/mol. The number of rotatable bonds is 3. The summed E-state index contributed by atoms with van der Waals surface area (Å²) in [4.78, 5) is 13.3. The lowest BCUT2D eigenvalue weighted by Gasteiger charge is -2.29. The van der Waals surface area contributed by atoms with Gasteiger partial charge in [0, 0.05) is 20.0 Å². The van der Waals surface area contributed by atoms with E-state index < -0.39 is 18.2 Å². The highest BCUT2D eigenvalue weighted by atomic mass is 19.4. The summed E-state index contributed by atoms with van der Waals surface area (Å²) in [6.45, 7) is -0.101. The number of halogens is 3. The standard InChI is InChI=1S/C14H19F3N4O2/c1-20(13(22)23-10-3-2-4-10)8-12-19-18-11-6-5-9(7-21(11)12)14(15,16)17/h9-10H,2-8H2,1H3. The highest BCUT2D eigenvalue weighted by molar-refractivity contribution is 5.67. The molecular weight excluding hydrogens is 313 g/mol. The van der Waals surface area contributed by atoms with E-state index in [1.807, 2.05) is 0 Å². The second-order valence-corrected chi connectivity index (χ2v) is 6.21. The van der Waals surface area contributed by atoms with Crippen LogP contribution in [0.2, 0.25) is 0 Å². The maximum Gasteiger partial charge on any atom is 0.410 e. The SMILES string of the molecule is CN(Cc1nnc2n1CC(C(F)(F)F)CC2)C(=O)OC1CCC1. The van der Waals surface area contributed by atoms with Gasteiger partial charge >= 0.3 is 12.3 Å². The lowest BCUT2D eigenvalue weighted by atomic mass is 9.96. The van der Waals surface area contributed by atoms with E-state index in [-0.39, 0.29) is 32.0 Å². The summed E-state index contributed by atoms with van der Waals surface area (Å²) in [7, 11) is 1.55. The summed E-state index contributed by atoms with van der Waals surface area (Å²) in [6.07, 6.45) is -1.68. The number of ether oxygens (including phenoxy) is 1. The monoisotopic (exact) mass is 332 g/mol. The minimum atomic E-state index is -4.23. The maximum absolute atomic E-state index is 12.9. The highest BCUT2D eigenvalue weighted by Crippen LogP contribution is 2.34. The number of hydrogen-bond donors (Lipinski definition) is 0. The summed E-state index contributed by atoms with van der Waals surface area (Å²) >= 11 is 0. The van der Waals surface area contributed by atoms with Crippen LogP contribution in [0.25, 0.3) is 0 Å². The highest BCUT2D eigenvalue weighted by Gasteiger charge is 2.42. The first-order valence-electron chi connectivity index (χ1n) is 7.74. The number of carbonyl (C=O) groups is 1. The van der Waals surface area contributed by atoms with Crippen LogP contribution < -0.4 is 0 Å². The number of hydrogen-bond acceptors (Lipinski definition) is 4. The fraction of sp³-hybridized carbons (Fsp3) is 0.786. The van der Waals surface area contributed by atoms with Crippen molar-refractivity contribution in [3.05, 3.63) is 11.6 Å². The summed E-state index contributed by atoms with van der Waals surface area (Å²) in [5.74, 6) is -0.486. The van der Waals surface area contributed by atoms with Gasteiger partial charge in [-0.1, -0.05) is 0 Å². The largest absolute Gasteiger partial charge is 0.446 e. The van der Waals surface area contributed by atoms with E-state index in [4.69, 9.17) is 4.74 Å². The van der Waals surface area contributed by atoms with Crippen molar-refractivity contribution in [2.45, 2.75) is 57.5 Å². The van der Waals surface area contributed by atoms with Crippen LogP contribution in [0, 0.1) is 5.92 Å². The molecule has 2 heterocycles. The van der Waals surface area contributed by atoms with E-state index in [0.717, 1.165) is 19.3 Å². The van der Waals surface area contributed by atoms with Crippen LogP contribution in [-0.2, 0) is 24.2 Å². The Bertz CT molecular complexity index is 583. The number of aromatic nitrogens is 3. The van der Waals surface area contributed by atoms with Gasteiger partial charge in [-0.25, -0.2) is 4.79 Å². The average molecular weight is 332 g/mol. The predicted octanol–water partition coefficient (Wildman–Crippen LogP) is 2.52. The van der Waals surface area contributed by atoms with Gasteiger partial charge in [0.15, 0.2) is 5.82 Å². The van der Waals surface area contributed by atoms with Gasteiger partial charge in [-0.15, -0.1) is 10.2 Å². The van der Waals surface area contributed by atoms with E-state index in [9.17, 15) is 18.0 Å². The van der Waals surface area contributed by atoms with Crippen molar-refractivity contribution >= 4 is 6.09 Å². The van der Waals surface area contributed by atoms with Crippen LogP contribution in [0.3, 0.4) is 0 Å². The Morgan fingerprint density at radius 3 is 2.70 bits per heavy atom. The zero-order chi connectivity index (χ0) is 16.6. The van der Waals surface area contributed by atoms with Crippen molar-refractivity contribution in [1.82, 2.24) is 19.7 Å². The molecule has 1 aliphatic carbocycles. The van der Waals surface area contributed by atoms with Gasteiger partial charge in [-0.3, -0.25) is 0 Å². The fourth-order valence-electron chi connectivity index (χ4n) is 2.77. The summed E-state index contributed by atoms with van der Waals surface area (Å²) < 4.78 is 45.5. The first-order valence-corrected chi connectivity index (χ1v) is 7.74. The van der Waals surface area contributed by atoms with Gasteiger partial charge in [-0.05, 0) is 25.7 Å². The molecular formula is C14H19F3N4O2. The van der Waals surface area contributed by atoms with E-state index in [0.29, 0.717) is 11.6 Å². The van der Waals surface area contributed by atoms with E-state index in [1.165, 1.54) is 9.47 Å². The summed E-state index contributed by atoms with van der Waals surface area (Å²) in [5, 5.41) is 7.89. The van der Waals surface area contributed by atoms with E-state index in [1.54, 1.807) is 7.05 Å². The minimum Gasteiger partial charge on any atom is -0.446 e. The molecule has 23 heavy (non-hydrogen) atoms. The van der Waals surface area contributed by atoms with Gasteiger partial charge < -0.3 is 14.2 Å². The van der Waals surface area contributed by atoms with Crippen molar-refractivity contribution in [2.24, 2.45) is 5.92 Å². The third-order valence-electron chi connectivity index (χ3n) is 4.50. The normalized spacial score (nSPS) is 21.5. The van der Waals surface area contributed by atoms with Crippen LogP contribution in [-0.4, -0.2) is 45.1 Å². The molecule has 0 bridgehead atoms. The third kappa shape index (κ3) is 3.42. The van der Waals surface area contributed by atoms with Crippen LogP contribution in [0.15, 0.2) is 0 Å². The van der Waals surface area contributed by atoms with Crippen LogP contribution in [0.5, 0.6) is 0 Å². The maximum atomic E-state index is 12.9. The Hall–Kier alpha value is -1.80. The lowest BCUT2D eigenvalue weighted by Crippen LogP contribution is -2.36. The van der Waals surface area contributed by atoms with Gasteiger partial charge in [0.1, 0.15) is 11.9 Å². The van der Waals surface area contributed by atoms with Crippen molar-refractivity contribution < 1.29 is 22.7 Å². The molecule has 1 aliphatic heterocycles. The molecule has 0 saturated heterocycles. The summed E-state index contributed by atoms with van der Waals surface area (Å²) in [6, 6.07) is 0. The molecule has 1 atom stereocenters. The second kappa shape index (κ2) is 6.01. The topological polar surface area (TPSA) is 60.2 Å². The fourth-order valence-corrected chi connectivity index (χ4v) is 2.77. The minimum absolute atomic E-state index is 0.0290. The molecule has 2 aliphatic rings. The molecule has 1 aromatic heterocycles. The summed E-state index contributed by atoms with van der Waals surface area (Å²) in [5.41, 5.74) is 0. The molecule has 6 nitrogen and oxygen atoms in total. The first kappa shape index (κ1) is 16.1. The molecule has 0 spiro atoms. The molecule has 0 radical (unpaired) electrons. The Morgan fingerprint density at radius 2 is 2.09 bits per heavy atom. The Labute approximate surface area is 131 Å². The molecule has 1 saturated carbocycles. The first-order chi connectivity index (χ1) is 10.8. The van der Waals surface area contributed by atoms with Gasteiger partial charge in [0.05, 0.1) is 12.5 Å². The molecule has 0 aromatic carbocycles.